The molecule has 0 N–H and O–H groups in total. The van der Waals surface area contributed by atoms with E-state index in [1.807, 2.05) is 6.08 Å². The Morgan fingerprint density at radius 3 is 2.71 bits per heavy atom. The molecule has 17 heavy (non-hydrogen) atoms. The Labute approximate surface area is 115 Å². The molecule has 0 nitrogen and oxygen atoms in total. The lowest BCUT2D eigenvalue weighted by molar-refractivity contribution is 0.712. The quantitative estimate of drug-likeness (QED) is 0.373. The van der Waals surface area contributed by atoms with Gasteiger partial charge in [0.2, 0.25) is 0 Å². The van der Waals surface area contributed by atoms with Gasteiger partial charge in [-0.3, -0.25) is 0 Å². The summed E-state index contributed by atoms with van der Waals surface area (Å²) in [5.74, 6) is 3.14. The lowest BCUT2D eigenvalue weighted by atomic mass is 9.99. The zero-order valence-electron chi connectivity index (χ0n) is 11.0. The molecule has 92 valence electrons. The molecule has 0 unspecified atom stereocenters. The van der Waals surface area contributed by atoms with Gasteiger partial charge in [0.1, 0.15) is 8.07 Å². The monoisotopic (exact) mass is 308 g/mol. The van der Waals surface area contributed by atoms with Gasteiger partial charge in [-0.1, -0.05) is 59.2 Å². The van der Waals surface area contributed by atoms with E-state index < -0.39 is 8.07 Å². The molecule has 2 heteroatoms. The van der Waals surface area contributed by atoms with Crippen molar-refractivity contribution in [3.8, 4) is 11.5 Å². The first-order valence-electron chi connectivity index (χ1n) is 6.23. The fraction of sp³-hybridized carbons (Fsp3) is 0.467. The second kappa shape index (κ2) is 7.03. The molecule has 0 amide bonds. The molecule has 0 heterocycles. The molecule has 0 aliphatic heterocycles. The summed E-state index contributed by atoms with van der Waals surface area (Å²) >= 11 is 3.53. The third-order valence-corrected chi connectivity index (χ3v) is 3.83. The predicted octanol–water partition coefficient (Wildman–Crippen LogP) is 5.20. The van der Waals surface area contributed by atoms with Gasteiger partial charge in [0.25, 0.3) is 0 Å². The van der Waals surface area contributed by atoms with Crippen molar-refractivity contribution in [2.75, 3.05) is 0 Å². The number of allylic oxidation sites excluding steroid dienone is 6. The van der Waals surface area contributed by atoms with E-state index in [0.717, 1.165) is 4.48 Å². The zero-order chi connectivity index (χ0) is 12.7. The highest BCUT2D eigenvalue weighted by Crippen LogP contribution is 2.19. The molecule has 0 radical (unpaired) electrons. The fourth-order valence-corrected chi connectivity index (χ4v) is 2.32. The molecule has 0 saturated heterocycles. The van der Waals surface area contributed by atoms with Crippen LogP contribution in [0, 0.1) is 11.5 Å². The molecule has 0 atom stereocenters. The van der Waals surface area contributed by atoms with Crippen molar-refractivity contribution in [3.63, 3.8) is 0 Å². The largest absolute Gasteiger partial charge is 0.129 e. The number of rotatable bonds is 2. The molecule has 0 bridgehead atoms. The van der Waals surface area contributed by atoms with Crippen LogP contribution in [-0.2, 0) is 0 Å². The van der Waals surface area contributed by atoms with Crippen molar-refractivity contribution >= 4 is 24.0 Å². The highest BCUT2D eigenvalue weighted by atomic mass is 79.9. The summed E-state index contributed by atoms with van der Waals surface area (Å²) in [6.45, 7) is 6.76. The Morgan fingerprint density at radius 1 is 1.35 bits per heavy atom. The molecule has 0 fully saturated rings. The van der Waals surface area contributed by atoms with E-state index in [1.54, 1.807) is 0 Å². The molecule has 1 aliphatic rings. The Balaban J connectivity index is 2.55. The van der Waals surface area contributed by atoms with Crippen molar-refractivity contribution in [1.29, 1.82) is 0 Å². The Bertz CT molecular complexity index is 397. The van der Waals surface area contributed by atoms with Crippen molar-refractivity contribution in [3.05, 3.63) is 34.4 Å². The van der Waals surface area contributed by atoms with Crippen molar-refractivity contribution in [2.45, 2.75) is 45.3 Å². The molecule has 0 aromatic heterocycles. The molecule has 1 aliphatic carbocycles. The molecule has 0 saturated carbocycles. The Morgan fingerprint density at radius 2 is 2.12 bits per heavy atom. The minimum Gasteiger partial charge on any atom is -0.127 e. The van der Waals surface area contributed by atoms with Crippen molar-refractivity contribution < 1.29 is 0 Å². The average molecular weight is 309 g/mol. The van der Waals surface area contributed by atoms with Gasteiger partial charge >= 0.3 is 0 Å². The van der Waals surface area contributed by atoms with Crippen LogP contribution >= 0.6 is 15.9 Å². The van der Waals surface area contributed by atoms with Gasteiger partial charge in [-0.2, -0.15) is 0 Å². The maximum absolute atomic E-state index is 3.53. The van der Waals surface area contributed by atoms with Gasteiger partial charge in [-0.05, 0) is 31.8 Å². The summed E-state index contributed by atoms with van der Waals surface area (Å²) in [5.41, 5.74) is 4.78. The maximum Gasteiger partial charge on any atom is 0.129 e. The average Bonchev–Trinajstić information content (AvgIpc) is 2.26. The summed E-state index contributed by atoms with van der Waals surface area (Å²) in [6.07, 6.45) is 13.7. The fourth-order valence-electron chi connectivity index (χ4n) is 1.57. The minimum atomic E-state index is -1.24. The first-order valence-corrected chi connectivity index (χ1v) is 10.5. The molecule has 0 aromatic carbocycles. The lowest BCUT2D eigenvalue weighted by Gasteiger charge is -2.07. The smallest absolute Gasteiger partial charge is 0.127 e. The topological polar surface area (TPSA) is 0 Å². The van der Waals surface area contributed by atoms with E-state index in [1.165, 1.54) is 31.3 Å². The minimum absolute atomic E-state index is 1.06. The van der Waals surface area contributed by atoms with Crippen LogP contribution in [0.5, 0.6) is 0 Å². The number of hydrogen-bond donors (Lipinski definition) is 0. The van der Waals surface area contributed by atoms with Crippen LogP contribution in [0.1, 0.15) is 25.7 Å². The van der Waals surface area contributed by atoms with Crippen LogP contribution in [0.3, 0.4) is 0 Å². The molecule has 1 rings (SSSR count). The van der Waals surface area contributed by atoms with E-state index in [0.29, 0.717) is 0 Å². The third-order valence-electron chi connectivity index (χ3n) is 2.44. The van der Waals surface area contributed by atoms with Gasteiger partial charge in [-0.15, -0.1) is 5.54 Å². The molecular formula is C15H21BrSi. The first-order chi connectivity index (χ1) is 7.97. The van der Waals surface area contributed by atoms with E-state index in [9.17, 15) is 0 Å². The summed E-state index contributed by atoms with van der Waals surface area (Å²) in [7, 11) is -1.24. The highest BCUT2D eigenvalue weighted by molar-refractivity contribution is 9.11. The first kappa shape index (κ1) is 14.5. The number of halogens is 1. The van der Waals surface area contributed by atoms with E-state index in [2.05, 4.69) is 65.3 Å². The lowest BCUT2D eigenvalue weighted by Crippen LogP contribution is -2.16. The van der Waals surface area contributed by atoms with Gasteiger partial charge in [0.15, 0.2) is 0 Å². The summed E-state index contributed by atoms with van der Waals surface area (Å²) in [6, 6.07) is 0. The summed E-state index contributed by atoms with van der Waals surface area (Å²) < 4.78 is 1.06. The molecule has 0 spiro atoms. The second-order valence-electron chi connectivity index (χ2n) is 5.41. The normalized spacial score (nSPS) is 17.6. The highest BCUT2D eigenvalue weighted by Gasteiger charge is 2.06. The van der Waals surface area contributed by atoms with Crippen LogP contribution < -0.4 is 0 Å². The third kappa shape index (κ3) is 7.41. The second-order valence-corrected chi connectivity index (χ2v) is 11.1. The summed E-state index contributed by atoms with van der Waals surface area (Å²) in [4.78, 5) is 0. The van der Waals surface area contributed by atoms with Gasteiger partial charge in [0, 0.05) is 10.6 Å². The van der Waals surface area contributed by atoms with Crippen LogP contribution in [0.2, 0.25) is 19.6 Å². The molecule has 0 aromatic rings. The predicted molar refractivity (Wildman–Crippen MR) is 83.8 cm³/mol. The number of hydrogen-bond acceptors (Lipinski definition) is 0. The SMILES string of the molecule is C[Si](C)(C)C#C/C=C(Br)/C=C/C1=CCCCC1. The standard InChI is InChI=1S/C15H21BrSi/c1-17(2,3)13-7-10-15(16)12-11-14-8-5-4-6-9-14/h8,10-12H,4-6,9H2,1-3H3/b12-11+,15-10-. The van der Waals surface area contributed by atoms with Crippen LogP contribution in [0.15, 0.2) is 34.4 Å². The maximum atomic E-state index is 3.53. The van der Waals surface area contributed by atoms with Gasteiger partial charge in [0.05, 0.1) is 0 Å². The van der Waals surface area contributed by atoms with Crippen LogP contribution in [0.4, 0.5) is 0 Å². The van der Waals surface area contributed by atoms with Gasteiger partial charge in [-0.25, -0.2) is 0 Å². The van der Waals surface area contributed by atoms with Crippen molar-refractivity contribution in [2.24, 2.45) is 0 Å². The summed E-state index contributed by atoms with van der Waals surface area (Å²) in [5, 5.41) is 0. The Kier molecular flexibility index (Phi) is 6.01. The Hall–Kier alpha value is -0.523. The molecular weight excluding hydrogens is 288 g/mol. The van der Waals surface area contributed by atoms with Crippen LogP contribution in [0.25, 0.3) is 0 Å². The van der Waals surface area contributed by atoms with Gasteiger partial charge < -0.3 is 0 Å². The van der Waals surface area contributed by atoms with Crippen molar-refractivity contribution in [1.82, 2.24) is 0 Å². The van der Waals surface area contributed by atoms with Crippen LogP contribution in [-0.4, -0.2) is 8.07 Å². The van der Waals surface area contributed by atoms with E-state index >= 15 is 0 Å². The zero-order valence-corrected chi connectivity index (χ0v) is 13.6. The van der Waals surface area contributed by atoms with E-state index in [4.69, 9.17) is 0 Å². The van der Waals surface area contributed by atoms with E-state index in [-0.39, 0.29) is 0 Å².